The topological polar surface area (TPSA) is 21.3 Å². The summed E-state index contributed by atoms with van der Waals surface area (Å²) in [6.45, 7) is 8.35. The van der Waals surface area contributed by atoms with E-state index in [4.69, 9.17) is 4.74 Å². The first kappa shape index (κ1) is 15.5. The Morgan fingerprint density at radius 1 is 1.22 bits per heavy atom. The van der Waals surface area contributed by atoms with Crippen LogP contribution in [0.2, 0.25) is 0 Å². The van der Waals surface area contributed by atoms with E-state index in [9.17, 15) is 0 Å². The van der Waals surface area contributed by atoms with E-state index >= 15 is 0 Å². The van der Waals surface area contributed by atoms with E-state index in [1.807, 2.05) is 12.1 Å². The van der Waals surface area contributed by atoms with Crippen molar-refractivity contribution in [3.8, 4) is 5.75 Å². The van der Waals surface area contributed by atoms with Crippen LogP contribution in [-0.2, 0) is 0 Å². The second-order valence-corrected chi connectivity index (χ2v) is 5.78. The third-order valence-electron chi connectivity index (χ3n) is 2.77. The molecule has 0 aliphatic carbocycles. The molecule has 102 valence electrons. The zero-order valence-corrected chi connectivity index (χ0v) is 13.2. The number of ether oxygens (including phenoxy) is 1. The van der Waals surface area contributed by atoms with Crippen molar-refractivity contribution < 1.29 is 4.74 Å². The summed E-state index contributed by atoms with van der Waals surface area (Å²) in [5, 5.41) is 3.42. The molecule has 0 amide bonds. The lowest BCUT2D eigenvalue weighted by Gasteiger charge is -2.09. The molecular weight excluding hydrogens is 290 g/mol. The van der Waals surface area contributed by atoms with Gasteiger partial charge in [0.05, 0.1) is 6.61 Å². The SMILES string of the molecule is Cc1cc(OCCCCCNC(C)C)ccc1Br. The minimum Gasteiger partial charge on any atom is -0.494 e. The highest BCUT2D eigenvalue weighted by atomic mass is 79.9. The van der Waals surface area contributed by atoms with Gasteiger partial charge in [-0.2, -0.15) is 0 Å². The second-order valence-electron chi connectivity index (χ2n) is 4.93. The highest BCUT2D eigenvalue weighted by Crippen LogP contribution is 2.21. The Morgan fingerprint density at radius 3 is 2.67 bits per heavy atom. The first-order valence-corrected chi connectivity index (χ1v) is 7.51. The number of aryl methyl sites for hydroxylation is 1. The normalized spacial score (nSPS) is 10.9. The minimum absolute atomic E-state index is 0.590. The number of nitrogens with one attached hydrogen (secondary N) is 1. The van der Waals surface area contributed by atoms with Gasteiger partial charge in [0.1, 0.15) is 5.75 Å². The molecule has 18 heavy (non-hydrogen) atoms. The van der Waals surface area contributed by atoms with Crippen molar-refractivity contribution >= 4 is 15.9 Å². The van der Waals surface area contributed by atoms with Gasteiger partial charge >= 0.3 is 0 Å². The molecule has 1 aromatic carbocycles. The van der Waals surface area contributed by atoms with Crippen molar-refractivity contribution in [1.82, 2.24) is 5.32 Å². The molecule has 3 heteroatoms. The van der Waals surface area contributed by atoms with Gasteiger partial charge in [-0.05, 0) is 56.5 Å². The predicted octanol–water partition coefficient (Wildman–Crippen LogP) is 4.30. The fourth-order valence-corrected chi connectivity index (χ4v) is 1.94. The first-order valence-electron chi connectivity index (χ1n) is 6.72. The monoisotopic (exact) mass is 313 g/mol. The Bertz CT molecular complexity index is 352. The largest absolute Gasteiger partial charge is 0.494 e. The van der Waals surface area contributed by atoms with Crippen LogP contribution in [0.15, 0.2) is 22.7 Å². The second kappa shape index (κ2) is 8.54. The van der Waals surface area contributed by atoms with Crippen molar-refractivity contribution in [2.24, 2.45) is 0 Å². The van der Waals surface area contributed by atoms with E-state index in [1.165, 1.54) is 18.4 Å². The van der Waals surface area contributed by atoms with E-state index in [0.717, 1.165) is 29.8 Å². The highest BCUT2D eigenvalue weighted by molar-refractivity contribution is 9.10. The molecule has 0 saturated carbocycles. The number of unbranched alkanes of at least 4 members (excludes halogenated alkanes) is 2. The molecule has 0 atom stereocenters. The van der Waals surface area contributed by atoms with Crippen LogP contribution in [0.4, 0.5) is 0 Å². The molecule has 2 nitrogen and oxygen atoms in total. The van der Waals surface area contributed by atoms with Gasteiger partial charge in [-0.3, -0.25) is 0 Å². The molecule has 0 saturated heterocycles. The maximum atomic E-state index is 5.73. The lowest BCUT2D eigenvalue weighted by atomic mass is 10.2. The molecule has 0 radical (unpaired) electrons. The smallest absolute Gasteiger partial charge is 0.119 e. The Labute approximate surface area is 119 Å². The summed E-state index contributed by atoms with van der Waals surface area (Å²) in [6.07, 6.45) is 3.56. The van der Waals surface area contributed by atoms with Gasteiger partial charge in [0.15, 0.2) is 0 Å². The number of hydrogen-bond acceptors (Lipinski definition) is 2. The Hall–Kier alpha value is -0.540. The van der Waals surface area contributed by atoms with E-state index in [2.05, 4.69) is 48.1 Å². The van der Waals surface area contributed by atoms with Crippen LogP contribution in [0.25, 0.3) is 0 Å². The predicted molar refractivity (Wildman–Crippen MR) is 81.4 cm³/mol. The van der Waals surface area contributed by atoms with Crippen molar-refractivity contribution in [2.75, 3.05) is 13.2 Å². The lowest BCUT2D eigenvalue weighted by Crippen LogP contribution is -2.23. The molecule has 0 unspecified atom stereocenters. The third-order valence-corrected chi connectivity index (χ3v) is 3.66. The standard InChI is InChI=1S/C15H24BrNO/c1-12(2)17-9-5-4-6-10-18-14-7-8-15(16)13(3)11-14/h7-8,11-12,17H,4-6,9-10H2,1-3H3. The highest BCUT2D eigenvalue weighted by Gasteiger charge is 1.98. The van der Waals surface area contributed by atoms with E-state index in [1.54, 1.807) is 0 Å². The molecule has 0 fully saturated rings. The van der Waals surface area contributed by atoms with E-state index in [-0.39, 0.29) is 0 Å². The summed E-state index contributed by atoms with van der Waals surface area (Å²) in [7, 11) is 0. The lowest BCUT2D eigenvalue weighted by molar-refractivity contribution is 0.304. The summed E-state index contributed by atoms with van der Waals surface area (Å²) < 4.78 is 6.86. The van der Waals surface area contributed by atoms with E-state index < -0.39 is 0 Å². The number of hydrogen-bond donors (Lipinski definition) is 1. The number of benzene rings is 1. The van der Waals surface area contributed by atoms with Crippen molar-refractivity contribution in [1.29, 1.82) is 0 Å². The van der Waals surface area contributed by atoms with Crippen molar-refractivity contribution in [2.45, 2.75) is 46.1 Å². The summed E-state index contributed by atoms with van der Waals surface area (Å²) >= 11 is 3.49. The Morgan fingerprint density at radius 2 is 2.00 bits per heavy atom. The van der Waals surface area contributed by atoms with Crippen LogP contribution in [0.1, 0.15) is 38.7 Å². The van der Waals surface area contributed by atoms with Gasteiger partial charge in [0, 0.05) is 10.5 Å². The van der Waals surface area contributed by atoms with Crippen LogP contribution in [0.3, 0.4) is 0 Å². The quantitative estimate of drug-likeness (QED) is 0.722. The summed E-state index contributed by atoms with van der Waals surface area (Å²) in [6, 6.07) is 6.71. The first-order chi connectivity index (χ1) is 8.59. The number of halogens is 1. The summed E-state index contributed by atoms with van der Waals surface area (Å²) in [5.41, 5.74) is 1.22. The molecule has 0 spiro atoms. The van der Waals surface area contributed by atoms with Gasteiger partial charge in [-0.25, -0.2) is 0 Å². The Kier molecular flexibility index (Phi) is 7.36. The van der Waals surface area contributed by atoms with Crippen LogP contribution < -0.4 is 10.1 Å². The van der Waals surface area contributed by atoms with Crippen molar-refractivity contribution in [3.63, 3.8) is 0 Å². The Balaban J connectivity index is 2.09. The fraction of sp³-hybridized carbons (Fsp3) is 0.600. The van der Waals surface area contributed by atoms with Crippen LogP contribution >= 0.6 is 15.9 Å². The third kappa shape index (κ3) is 6.41. The average molecular weight is 314 g/mol. The molecular formula is C15H24BrNO. The molecule has 0 aromatic heterocycles. The van der Waals surface area contributed by atoms with Gasteiger partial charge in [-0.1, -0.05) is 29.8 Å². The average Bonchev–Trinajstić information content (AvgIpc) is 2.32. The van der Waals surface area contributed by atoms with Crippen molar-refractivity contribution in [3.05, 3.63) is 28.2 Å². The molecule has 0 bridgehead atoms. The molecule has 0 aliphatic heterocycles. The molecule has 0 aliphatic rings. The van der Waals surface area contributed by atoms with Gasteiger partial charge in [0.2, 0.25) is 0 Å². The molecule has 0 heterocycles. The minimum atomic E-state index is 0.590. The van der Waals surface area contributed by atoms with Gasteiger partial charge < -0.3 is 10.1 Å². The zero-order chi connectivity index (χ0) is 13.4. The molecule has 1 aromatic rings. The maximum Gasteiger partial charge on any atom is 0.119 e. The molecule has 1 N–H and O–H groups in total. The van der Waals surface area contributed by atoms with Crippen LogP contribution in [0.5, 0.6) is 5.75 Å². The summed E-state index contributed by atoms with van der Waals surface area (Å²) in [4.78, 5) is 0. The summed E-state index contributed by atoms with van der Waals surface area (Å²) in [5.74, 6) is 0.969. The zero-order valence-electron chi connectivity index (χ0n) is 11.6. The number of rotatable bonds is 8. The van der Waals surface area contributed by atoms with Crippen LogP contribution in [-0.4, -0.2) is 19.2 Å². The van der Waals surface area contributed by atoms with Crippen LogP contribution in [0, 0.1) is 6.92 Å². The molecule has 1 rings (SSSR count). The van der Waals surface area contributed by atoms with Gasteiger partial charge in [-0.15, -0.1) is 0 Å². The van der Waals surface area contributed by atoms with E-state index in [0.29, 0.717) is 6.04 Å². The maximum absolute atomic E-state index is 5.73. The van der Waals surface area contributed by atoms with Gasteiger partial charge in [0.25, 0.3) is 0 Å². The fourth-order valence-electron chi connectivity index (χ4n) is 1.69.